The average Bonchev–Trinajstić information content (AvgIpc) is 3.33. The predicted molar refractivity (Wildman–Crippen MR) is 114 cm³/mol. The molecule has 0 spiro atoms. The molecule has 0 N–H and O–H groups in total. The lowest BCUT2D eigenvalue weighted by Gasteiger charge is -2.25. The number of benzene rings is 2. The fraction of sp³-hybridized carbons (Fsp3) is 0.375. The van der Waals surface area contributed by atoms with Crippen molar-refractivity contribution in [1.29, 1.82) is 0 Å². The van der Waals surface area contributed by atoms with Gasteiger partial charge < -0.3 is 18.9 Å². The Balaban J connectivity index is 1.63. The van der Waals surface area contributed by atoms with Gasteiger partial charge >= 0.3 is 5.97 Å². The molecule has 2 heterocycles. The first-order valence-corrected chi connectivity index (χ1v) is 11.0. The molecule has 30 heavy (non-hydrogen) atoms. The molecule has 5 rings (SSSR count). The van der Waals surface area contributed by atoms with Crippen molar-refractivity contribution < 1.29 is 23.7 Å². The Hall–Kier alpha value is -2.60. The number of hydrogen-bond donors (Lipinski definition) is 0. The van der Waals surface area contributed by atoms with Gasteiger partial charge in [0.05, 0.1) is 7.11 Å². The summed E-state index contributed by atoms with van der Waals surface area (Å²) in [4.78, 5) is 14.4. The van der Waals surface area contributed by atoms with Gasteiger partial charge in [-0.1, -0.05) is 29.8 Å². The van der Waals surface area contributed by atoms with Gasteiger partial charge in [-0.15, -0.1) is 11.8 Å². The van der Waals surface area contributed by atoms with Crippen LogP contribution < -0.4 is 14.2 Å². The van der Waals surface area contributed by atoms with Crippen LogP contribution in [0.1, 0.15) is 43.4 Å². The van der Waals surface area contributed by atoms with Crippen LogP contribution >= 0.6 is 11.8 Å². The number of carbonyl (C=O) groups excluding carboxylic acids is 1. The number of esters is 1. The van der Waals surface area contributed by atoms with E-state index in [1.165, 1.54) is 5.57 Å². The van der Waals surface area contributed by atoms with E-state index in [-0.39, 0.29) is 18.9 Å². The highest BCUT2D eigenvalue weighted by atomic mass is 32.2. The predicted octanol–water partition coefficient (Wildman–Crippen LogP) is 5.23. The minimum absolute atomic E-state index is 0.153. The zero-order valence-electron chi connectivity index (χ0n) is 17.1. The van der Waals surface area contributed by atoms with Crippen LogP contribution in [0.3, 0.4) is 0 Å². The van der Waals surface area contributed by atoms with Crippen molar-refractivity contribution in [1.82, 2.24) is 0 Å². The summed E-state index contributed by atoms with van der Waals surface area (Å²) in [5.74, 6) is 1.95. The highest BCUT2D eigenvalue weighted by Crippen LogP contribution is 2.55. The Kier molecular flexibility index (Phi) is 4.89. The van der Waals surface area contributed by atoms with Gasteiger partial charge in [0.1, 0.15) is 16.6 Å². The number of ether oxygens (including phenoxy) is 4. The molecule has 5 nitrogen and oxygen atoms in total. The van der Waals surface area contributed by atoms with Crippen molar-refractivity contribution in [3.05, 3.63) is 59.2 Å². The molecule has 1 aliphatic carbocycles. The fourth-order valence-electron chi connectivity index (χ4n) is 4.57. The minimum Gasteiger partial charge on any atom is -0.496 e. The number of fused-ring (bicyclic) bond motifs is 6. The van der Waals surface area contributed by atoms with E-state index >= 15 is 0 Å². The van der Waals surface area contributed by atoms with Crippen molar-refractivity contribution in [2.75, 3.05) is 13.9 Å². The number of rotatable bonds is 3. The SMILES string of the molecule is COc1cc2c(c3c1[C@@H]1C[C@](Sc4ccccc4)(CC/C=C(/C)C3)C(=O)O1)OCO2. The molecule has 3 aliphatic rings. The molecular formula is C24H24O5S. The van der Waals surface area contributed by atoms with E-state index in [4.69, 9.17) is 18.9 Å². The van der Waals surface area contributed by atoms with Gasteiger partial charge in [0.2, 0.25) is 6.79 Å². The number of hydrogen-bond acceptors (Lipinski definition) is 6. The van der Waals surface area contributed by atoms with Crippen LogP contribution in [-0.2, 0) is 16.0 Å². The summed E-state index contributed by atoms with van der Waals surface area (Å²) >= 11 is 1.61. The van der Waals surface area contributed by atoms with E-state index in [2.05, 4.69) is 13.0 Å². The second-order valence-electron chi connectivity index (χ2n) is 7.98. The normalized spacial score (nSPS) is 26.4. The summed E-state index contributed by atoms with van der Waals surface area (Å²) in [7, 11) is 1.64. The smallest absolute Gasteiger partial charge is 0.323 e. The van der Waals surface area contributed by atoms with Crippen LogP contribution in [0.25, 0.3) is 0 Å². The van der Waals surface area contributed by atoms with Gasteiger partial charge in [-0.25, -0.2) is 0 Å². The molecule has 2 aromatic carbocycles. The Bertz CT molecular complexity index is 1020. The van der Waals surface area contributed by atoms with E-state index in [1.54, 1.807) is 18.9 Å². The quantitative estimate of drug-likeness (QED) is 0.497. The third-order valence-electron chi connectivity index (χ3n) is 6.00. The molecule has 2 bridgehead atoms. The van der Waals surface area contributed by atoms with Gasteiger partial charge in [0.25, 0.3) is 0 Å². The van der Waals surface area contributed by atoms with Crippen LogP contribution in [0.2, 0.25) is 0 Å². The molecule has 0 aromatic heterocycles. The monoisotopic (exact) mass is 424 g/mol. The number of thioether (sulfide) groups is 1. The maximum absolute atomic E-state index is 13.3. The molecule has 1 saturated heterocycles. The standard InChI is InChI=1S/C24H24O5S/c1-15-7-6-10-24(30-16-8-4-3-5-9-16)13-20(29-23(24)25)21-17(11-15)22-19(27-14-28-22)12-18(21)26-2/h3-5,7-9,12,20H,6,10-11,13-14H2,1-2H3/b15-7-/t20-,24+/m0/s1. The third-order valence-corrected chi connectivity index (χ3v) is 7.44. The molecule has 0 saturated carbocycles. The molecule has 2 aromatic rings. The van der Waals surface area contributed by atoms with Crippen molar-refractivity contribution in [2.45, 2.75) is 48.4 Å². The van der Waals surface area contributed by atoms with Crippen LogP contribution in [0.4, 0.5) is 0 Å². The highest BCUT2D eigenvalue weighted by Gasteiger charge is 2.51. The Labute approximate surface area is 180 Å². The van der Waals surface area contributed by atoms with E-state index in [0.717, 1.165) is 34.6 Å². The Morgan fingerprint density at radius 1 is 1.20 bits per heavy atom. The van der Waals surface area contributed by atoms with E-state index in [9.17, 15) is 4.79 Å². The van der Waals surface area contributed by atoms with E-state index in [1.807, 2.05) is 36.4 Å². The zero-order valence-corrected chi connectivity index (χ0v) is 17.9. The van der Waals surface area contributed by atoms with Gasteiger partial charge in [0, 0.05) is 28.5 Å². The fourth-order valence-corrected chi connectivity index (χ4v) is 5.90. The van der Waals surface area contributed by atoms with Crippen molar-refractivity contribution in [3.63, 3.8) is 0 Å². The van der Waals surface area contributed by atoms with Crippen LogP contribution in [-0.4, -0.2) is 24.6 Å². The molecule has 156 valence electrons. The van der Waals surface area contributed by atoms with Crippen LogP contribution in [0.5, 0.6) is 17.2 Å². The van der Waals surface area contributed by atoms with E-state index < -0.39 is 4.75 Å². The van der Waals surface area contributed by atoms with Gasteiger partial charge in [-0.3, -0.25) is 4.79 Å². The minimum atomic E-state index is -0.626. The number of carbonyl (C=O) groups is 1. The molecule has 2 aliphatic heterocycles. The molecule has 6 heteroatoms. The molecular weight excluding hydrogens is 400 g/mol. The Morgan fingerprint density at radius 2 is 2.03 bits per heavy atom. The second kappa shape index (κ2) is 7.58. The maximum Gasteiger partial charge on any atom is 0.323 e. The molecule has 0 unspecified atom stereocenters. The summed E-state index contributed by atoms with van der Waals surface area (Å²) < 4.78 is 22.6. The first-order valence-electron chi connectivity index (χ1n) is 10.2. The molecule has 0 amide bonds. The van der Waals surface area contributed by atoms with Gasteiger partial charge in [-0.2, -0.15) is 0 Å². The first-order chi connectivity index (χ1) is 14.6. The Morgan fingerprint density at radius 3 is 2.83 bits per heavy atom. The lowest BCUT2D eigenvalue weighted by molar-refractivity contribution is -0.143. The van der Waals surface area contributed by atoms with Crippen LogP contribution in [0.15, 0.2) is 52.9 Å². The largest absolute Gasteiger partial charge is 0.496 e. The lowest BCUT2D eigenvalue weighted by atomic mass is 9.87. The van der Waals surface area contributed by atoms with Crippen LogP contribution in [0, 0.1) is 0 Å². The lowest BCUT2D eigenvalue weighted by Crippen LogP contribution is -2.30. The van der Waals surface area contributed by atoms with E-state index in [0.29, 0.717) is 24.3 Å². The third kappa shape index (κ3) is 3.23. The summed E-state index contributed by atoms with van der Waals surface area (Å²) in [5.41, 5.74) is 3.13. The zero-order chi connectivity index (χ0) is 20.7. The topological polar surface area (TPSA) is 54.0 Å². The summed E-state index contributed by atoms with van der Waals surface area (Å²) in [6, 6.07) is 11.9. The van der Waals surface area contributed by atoms with Gasteiger partial charge in [0.15, 0.2) is 11.5 Å². The first kappa shape index (κ1) is 19.4. The number of allylic oxidation sites excluding steroid dienone is 2. The molecule has 1 fully saturated rings. The molecule has 0 radical (unpaired) electrons. The second-order valence-corrected chi connectivity index (χ2v) is 9.44. The summed E-state index contributed by atoms with van der Waals surface area (Å²) in [5, 5.41) is 0. The average molecular weight is 425 g/mol. The van der Waals surface area contributed by atoms with Crippen molar-refractivity contribution in [2.24, 2.45) is 0 Å². The maximum atomic E-state index is 13.3. The van der Waals surface area contributed by atoms with Gasteiger partial charge in [-0.05, 0) is 38.3 Å². The van der Waals surface area contributed by atoms with Crippen molar-refractivity contribution >= 4 is 17.7 Å². The van der Waals surface area contributed by atoms with Crippen molar-refractivity contribution in [3.8, 4) is 17.2 Å². The molecule has 2 atom stereocenters. The number of methoxy groups -OCH3 is 1. The summed E-state index contributed by atoms with van der Waals surface area (Å²) in [6.07, 6.45) is 4.73. The summed E-state index contributed by atoms with van der Waals surface area (Å²) in [6.45, 7) is 2.31. The highest BCUT2D eigenvalue weighted by molar-refractivity contribution is 8.01.